The molecular formula is C64H104N16O18S2. The summed E-state index contributed by atoms with van der Waals surface area (Å²) in [5.74, 6) is -6.05. The summed E-state index contributed by atoms with van der Waals surface area (Å²) in [5, 5.41) is 20.7. The van der Waals surface area contributed by atoms with Crippen molar-refractivity contribution in [2.24, 2.45) is 0 Å². The van der Waals surface area contributed by atoms with Crippen molar-refractivity contribution in [2.45, 2.75) is 133 Å². The van der Waals surface area contributed by atoms with Crippen molar-refractivity contribution in [3.8, 4) is 0 Å². The van der Waals surface area contributed by atoms with Gasteiger partial charge in [0.2, 0.25) is 47.3 Å². The molecule has 36 heteroatoms. The van der Waals surface area contributed by atoms with Crippen molar-refractivity contribution in [3.05, 3.63) is 46.0 Å². The molecule has 3 atom stereocenters. The summed E-state index contributed by atoms with van der Waals surface area (Å²) in [7, 11) is 19.7. The molecule has 2 aromatic rings. The van der Waals surface area contributed by atoms with E-state index in [4.69, 9.17) is 18.4 Å². The second kappa shape index (κ2) is 47.0. The molecule has 1 saturated heterocycles. The summed E-state index contributed by atoms with van der Waals surface area (Å²) < 4.78 is 14.7. The Kier molecular flexibility index (Phi) is 40.5. The van der Waals surface area contributed by atoms with Gasteiger partial charge in [-0.2, -0.15) is 0 Å². The number of nitrogens with one attached hydrogen (secondary N) is 7. The van der Waals surface area contributed by atoms with Crippen LogP contribution >= 0.6 is 21.6 Å². The van der Waals surface area contributed by atoms with Gasteiger partial charge < -0.3 is 89.9 Å². The van der Waals surface area contributed by atoms with Crippen molar-refractivity contribution in [1.29, 1.82) is 0 Å². The Morgan fingerprint density at radius 2 is 1.09 bits per heavy atom. The number of carbonyl (C=O) groups excluding carboxylic acids is 13. The first-order chi connectivity index (χ1) is 47.4. The molecule has 0 bridgehead atoms. The molecule has 3 rings (SSSR count). The number of hydroxylamine groups is 2. The van der Waals surface area contributed by atoms with Crippen LogP contribution in [0.1, 0.15) is 118 Å². The highest BCUT2D eigenvalue weighted by atomic mass is 33.1. The van der Waals surface area contributed by atoms with Crippen LogP contribution in [0.3, 0.4) is 0 Å². The van der Waals surface area contributed by atoms with Crippen LogP contribution in [0.2, 0.25) is 0 Å². The lowest BCUT2D eigenvalue weighted by atomic mass is 10.1. The molecule has 1 fully saturated rings. The van der Waals surface area contributed by atoms with Gasteiger partial charge in [0.05, 0.1) is 38.2 Å². The summed E-state index contributed by atoms with van der Waals surface area (Å²) in [5.41, 5.74) is 0.287. The number of imide groups is 1. The fourth-order valence-electron chi connectivity index (χ4n) is 9.67. The van der Waals surface area contributed by atoms with Crippen molar-refractivity contribution in [2.75, 3.05) is 155 Å². The lowest BCUT2D eigenvalue weighted by Crippen LogP contribution is -2.50. The fraction of sp³-hybridized carbons (Fsp3) is 0.672. The maximum Gasteiger partial charge on any atom is 0.519 e. The van der Waals surface area contributed by atoms with Gasteiger partial charge in [-0.15, -0.1) is 5.06 Å². The molecule has 0 aliphatic carbocycles. The van der Waals surface area contributed by atoms with Crippen molar-refractivity contribution < 1.29 is 80.7 Å². The van der Waals surface area contributed by atoms with Crippen LogP contribution in [0.5, 0.6) is 0 Å². The number of likely N-dealkylation sites (N-methyl/N-ethyl adjacent to an activating group) is 6. The molecule has 0 aromatic carbocycles. The zero-order valence-electron chi connectivity index (χ0n) is 59.7. The minimum atomic E-state index is -1.43. The third-order valence-corrected chi connectivity index (χ3v) is 17.3. The van der Waals surface area contributed by atoms with E-state index in [9.17, 15) is 67.1 Å². The number of amides is 12. The SMILES string of the molecule is Cc1oc(=O)oc1COC(=O)N(C)CCNC(=O)[C@H](CC(=O)ON1C(=O)CCC1=O)N(C)C(=O)CCCCCSSc1ccc(C(=O)N(CCCNC(=O)[C@H](CCCCNC(=O)CN(C)C)NC(=O)CN(C)C)CCCNC(=O)[C@H](CCCCNC(=O)CN(C)C)NC(=O)CN(C)C)cn1. The number of rotatable bonds is 49. The van der Waals surface area contributed by atoms with Crippen LogP contribution in [-0.4, -0.2) is 294 Å². The largest absolute Gasteiger partial charge is 0.519 e. The van der Waals surface area contributed by atoms with Gasteiger partial charge in [-0.05, 0) is 150 Å². The summed E-state index contributed by atoms with van der Waals surface area (Å²) in [4.78, 5) is 200. The number of ether oxygens (including phenoxy) is 1. The molecule has 2 aromatic heterocycles. The predicted molar refractivity (Wildman–Crippen MR) is 370 cm³/mol. The Labute approximate surface area is 592 Å². The first-order valence-corrected chi connectivity index (χ1v) is 35.6. The van der Waals surface area contributed by atoms with Gasteiger partial charge in [0.1, 0.15) is 23.2 Å². The van der Waals surface area contributed by atoms with Crippen molar-refractivity contribution in [3.63, 3.8) is 0 Å². The third kappa shape index (κ3) is 35.2. The summed E-state index contributed by atoms with van der Waals surface area (Å²) in [6, 6.07) is 0.236. The number of unbranched alkanes of at least 4 members (excludes halogenated alkanes) is 4. The lowest BCUT2D eigenvalue weighted by molar-refractivity contribution is -0.198. The molecular weight excluding hydrogens is 1340 g/mol. The zero-order chi connectivity index (χ0) is 74.3. The van der Waals surface area contributed by atoms with E-state index in [1.54, 1.807) is 93.0 Å². The predicted octanol–water partition coefficient (Wildman–Crippen LogP) is -0.310. The van der Waals surface area contributed by atoms with E-state index >= 15 is 0 Å². The van der Waals surface area contributed by atoms with Crippen LogP contribution in [-0.2, 0) is 68.9 Å². The van der Waals surface area contributed by atoms with Gasteiger partial charge in [0.25, 0.3) is 17.7 Å². The van der Waals surface area contributed by atoms with E-state index < -0.39 is 77.9 Å². The second-order valence-corrected chi connectivity index (χ2v) is 27.5. The molecule has 0 unspecified atom stereocenters. The summed E-state index contributed by atoms with van der Waals surface area (Å²) >= 11 is 0. The molecule has 1 aliphatic heterocycles. The van der Waals surface area contributed by atoms with Gasteiger partial charge >= 0.3 is 17.9 Å². The van der Waals surface area contributed by atoms with E-state index in [0.717, 1.165) is 9.80 Å². The van der Waals surface area contributed by atoms with Gasteiger partial charge in [0.15, 0.2) is 18.1 Å². The van der Waals surface area contributed by atoms with Crippen molar-refractivity contribution in [1.82, 2.24) is 81.6 Å². The normalized spacial score (nSPS) is 13.0. The van der Waals surface area contributed by atoms with E-state index in [1.807, 2.05) is 0 Å². The Bertz CT molecular complexity index is 2960. The summed E-state index contributed by atoms with van der Waals surface area (Å²) in [6.45, 7) is 2.95. The van der Waals surface area contributed by atoms with E-state index in [1.165, 1.54) is 48.8 Å². The first kappa shape index (κ1) is 86.0. The molecule has 560 valence electrons. The average molecular weight is 1450 g/mol. The Morgan fingerprint density at radius 3 is 1.58 bits per heavy atom. The Hall–Kier alpha value is -8.19. The highest BCUT2D eigenvalue weighted by Crippen LogP contribution is 2.30. The molecule has 12 amide bonds. The van der Waals surface area contributed by atoms with E-state index in [-0.39, 0.29) is 138 Å². The molecule has 34 nitrogen and oxygen atoms in total. The fourth-order valence-corrected chi connectivity index (χ4v) is 11.7. The van der Waals surface area contributed by atoms with Crippen LogP contribution in [0.15, 0.2) is 37.0 Å². The monoisotopic (exact) mass is 1450 g/mol. The van der Waals surface area contributed by atoms with Gasteiger partial charge in [-0.25, -0.2) is 19.4 Å². The van der Waals surface area contributed by atoms with Crippen LogP contribution in [0.4, 0.5) is 4.79 Å². The number of hydrogen-bond donors (Lipinski definition) is 7. The van der Waals surface area contributed by atoms with Gasteiger partial charge in [-0.1, -0.05) is 17.2 Å². The third-order valence-electron chi connectivity index (χ3n) is 14.9. The molecule has 0 radical (unpaired) electrons. The Morgan fingerprint density at radius 1 is 0.580 bits per heavy atom. The molecule has 3 heterocycles. The highest BCUT2D eigenvalue weighted by Gasteiger charge is 2.36. The Balaban J connectivity index is 1.63. The minimum Gasteiger partial charge on any atom is -0.441 e. The van der Waals surface area contributed by atoms with Gasteiger partial charge in [0, 0.05) is 97.7 Å². The zero-order valence-corrected chi connectivity index (χ0v) is 61.3. The number of aromatic nitrogens is 1. The molecule has 7 N–H and O–H groups in total. The van der Waals surface area contributed by atoms with Crippen LogP contribution in [0, 0.1) is 6.92 Å². The van der Waals surface area contributed by atoms with Crippen LogP contribution < -0.4 is 43.0 Å². The quantitative estimate of drug-likeness (QED) is 0.0254. The maximum absolute atomic E-state index is 14.3. The number of aryl methyl sites for hydroxylation is 1. The summed E-state index contributed by atoms with van der Waals surface area (Å²) in [6.07, 6.45) is 4.83. The van der Waals surface area contributed by atoms with E-state index in [2.05, 4.69) is 42.2 Å². The number of carbonyl (C=O) groups is 13. The van der Waals surface area contributed by atoms with E-state index in [0.29, 0.717) is 99.6 Å². The highest BCUT2D eigenvalue weighted by molar-refractivity contribution is 8.76. The molecule has 0 spiro atoms. The topological polar surface area (TPSA) is 407 Å². The number of hydrogen-bond acceptors (Lipinski definition) is 25. The molecule has 0 saturated carbocycles. The van der Waals surface area contributed by atoms with Crippen molar-refractivity contribution >= 4 is 98.6 Å². The first-order valence-electron chi connectivity index (χ1n) is 33.3. The average Bonchev–Trinajstić information content (AvgIpc) is 1.30. The molecule has 1 aliphatic rings. The lowest BCUT2D eigenvalue weighted by Gasteiger charge is -2.27. The van der Waals surface area contributed by atoms with Gasteiger partial charge in [-0.3, -0.25) is 52.7 Å². The maximum atomic E-state index is 14.3. The number of pyridine rings is 1. The second-order valence-electron chi connectivity index (χ2n) is 25.0. The van der Waals surface area contributed by atoms with Crippen LogP contribution in [0.25, 0.3) is 0 Å². The smallest absolute Gasteiger partial charge is 0.441 e. The number of nitrogens with zero attached hydrogens (tertiary/aromatic N) is 9. The minimum absolute atomic E-state index is 0.00315. The standard InChI is InChI=1S/C64H104N16O18S2/c1-44-49(97-64(94)96-44)43-95-63(93)77(10)35-32-69-61(91)48(37-58(88)98-80-56(86)26-27-57(80)87)78(11)55(85)23-13-12-18-36-99-100-54-25-24-45(38-70-54)62(92)79(33-19-30-67-59(89)46(71-52(83)41-75(6)7)21-14-16-28-65-50(81)39-73(2)3)34-20-31-68-60(90)47(72-53(84)42-76(8)9)22-15-17-29-66-51(82)40-74(4)5/h24-25,38,46-48H,12-23,26-37,39-43H2,1-11H3,(H,65,81)(H,66,82)(H,67,89)(H,68,90)(H,69,91)(H,71,83)(H,72,84)/t46-,47-,48-/m0/s1. The molecule has 100 heavy (non-hydrogen) atoms.